The molecule has 0 aliphatic heterocycles. The third kappa shape index (κ3) is 3.04. The van der Waals surface area contributed by atoms with E-state index >= 15 is 0 Å². The summed E-state index contributed by atoms with van der Waals surface area (Å²) < 4.78 is 5.99. The minimum atomic E-state index is -0.110. The second kappa shape index (κ2) is 5.57. The molecule has 0 radical (unpaired) electrons. The maximum absolute atomic E-state index is 12.0. The first-order valence-electron chi connectivity index (χ1n) is 5.95. The van der Waals surface area contributed by atoms with Crippen LogP contribution in [0.4, 0.5) is 0 Å². The van der Waals surface area contributed by atoms with E-state index in [0.717, 1.165) is 27.1 Å². The molecule has 5 heteroatoms. The number of rotatable bonds is 3. The molecule has 0 aliphatic rings. The van der Waals surface area contributed by atoms with Crippen LogP contribution in [0.5, 0.6) is 0 Å². The van der Waals surface area contributed by atoms with E-state index in [9.17, 15) is 4.79 Å². The fourth-order valence-electron chi connectivity index (χ4n) is 1.76. The van der Waals surface area contributed by atoms with Gasteiger partial charge in [0, 0.05) is 22.1 Å². The molecule has 0 fully saturated rings. The molecule has 0 spiro atoms. The maximum atomic E-state index is 12.0. The zero-order valence-corrected chi connectivity index (χ0v) is 12.7. The molecular formula is C14H15BrN2O2. The van der Waals surface area contributed by atoms with Crippen molar-refractivity contribution in [2.24, 2.45) is 0 Å². The number of hydrogen-bond donors (Lipinski definition) is 1. The maximum Gasteiger partial charge on any atom is 0.251 e. The van der Waals surface area contributed by atoms with Gasteiger partial charge in [0.2, 0.25) is 0 Å². The van der Waals surface area contributed by atoms with Gasteiger partial charge in [0.15, 0.2) is 0 Å². The molecule has 0 aliphatic carbocycles. The zero-order valence-electron chi connectivity index (χ0n) is 11.1. The monoisotopic (exact) mass is 322 g/mol. The smallest absolute Gasteiger partial charge is 0.251 e. The minimum Gasteiger partial charge on any atom is -0.361 e. The van der Waals surface area contributed by atoms with Gasteiger partial charge in [-0.1, -0.05) is 27.2 Å². The van der Waals surface area contributed by atoms with Crippen molar-refractivity contribution in [2.45, 2.75) is 27.3 Å². The average molecular weight is 323 g/mol. The van der Waals surface area contributed by atoms with Crippen LogP contribution in [0.2, 0.25) is 0 Å². The molecule has 0 unspecified atom stereocenters. The van der Waals surface area contributed by atoms with Crippen LogP contribution in [0, 0.1) is 20.8 Å². The van der Waals surface area contributed by atoms with Crippen LogP contribution >= 0.6 is 15.9 Å². The summed E-state index contributed by atoms with van der Waals surface area (Å²) in [6.45, 7) is 6.10. The lowest BCUT2D eigenvalue weighted by atomic mass is 10.1. The van der Waals surface area contributed by atoms with Crippen molar-refractivity contribution in [3.63, 3.8) is 0 Å². The number of benzene rings is 1. The fourth-order valence-corrected chi connectivity index (χ4v) is 2.14. The number of amides is 1. The largest absolute Gasteiger partial charge is 0.361 e. The molecule has 2 rings (SSSR count). The zero-order chi connectivity index (χ0) is 14.0. The predicted octanol–water partition coefficient (Wildman–Crippen LogP) is 3.29. The first-order chi connectivity index (χ1) is 8.99. The lowest BCUT2D eigenvalue weighted by molar-refractivity contribution is 0.0950. The molecule has 0 saturated carbocycles. The number of aromatic nitrogens is 1. The molecule has 19 heavy (non-hydrogen) atoms. The molecule has 1 amide bonds. The average Bonchev–Trinajstić information content (AvgIpc) is 2.69. The van der Waals surface area contributed by atoms with E-state index in [2.05, 4.69) is 26.4 Å². The fraction of sp³-hybridized carbons (Fsp3) is 0.286. The summed E-state index contributed by atoms with van der Waals surface area (Å²) in [7, 11) is 0. The van der Waals surface area contributed by atoms with E-state index in [1.807, 2.05) is 39.0 Å². The molecule has 0 atom stereocenters. The van der Waals surface area contributed by atoms with E-state index in [1.54, 1.807) is 0 Å². The van der Waals surface area contributed by atoms with Crippen LogP contribution in [-0.4, -0.2) is 11.1 Å². The quantitative estimate of drug-likeness (QED) is 0.943. The number of halogens is 1. The van der Waals surface area contributed by atoms with E-state index in [-0.39, 0.29) is 5.91 Å². The summed E-state index contributed by atoms with van der Waals surface area (Å²) in [4.78, 5) is 12.0. The van der Waals surface area contributed by atoms with E-state index < -0.39 is 0 Å². The van der Waals surface area contributed by atoms with Gasteiger partial charge in [0.05, 0.1) is 5.69 Å². The predicted molar refractivity (Wildman–Crippen MR) is 76.0 cm³/mol. The Hall–Kier alpha value is -1.62. The van der Waals surface area contributed by atoms with Gasteiger partial charge >= 0.3 is 0 Å². The van der Waals surface area contributed by atoms with E-state index in [4.69, 9.17) is 4.52 Å². The highest BCUT2D eigenvalue weighted by Crippen LogP contribution is 2.18. The van der Waals surface area contributed by atoms with Crippen LogP contribution in [0.25, 0.3) is 0 Å². The Morgan fingerprint density at radius 2 is 2.11 bits per heavy atom. The number of nitrogens with zero attached hydrogens (tertiary/aromatic N) is 1. The molecule has 1 heterocycles. The first-order valence-corrected chi connectivity index (χ1v) is 6.74. The normalized spacial score (nSPS) is 10.5. The van der Waals surface area contributed by atoms with Crippen molar-refractivity contribution in [3.8, 4) is 0 Å². The van der Waals surface area contributed by atoms with Crippen LogP contribution in [0.3, 0.4) is 0 Å². The number of carbonyl (C=O) groups excluding carboxylic acids is 1. The third-order valence-electron chi connectivity index (χ3n) is 3.04. The standard InChI is InChI=1S/C14H15BrN2O2/c1-8-4-5-11(6-13(8)15)14(18)16-7-12-9(2)17-19-10(12)3/h4-6H,7H2,1-3H3,(H,16,18). The summed E-state index contributed by atoms with van der Waals surface area (Å²) in [6, 6.07) is 5.54. The number of hydrogen-bond acceptors (Lipinski definition) is 3. The van der Waals surface area contributed by atoms with Crippen molar-refractivity contribution in [1.82, 2.24) is 10.5 Å². The van der Waals surface area contributed by atoms with Gasteiger partial charge < -0.3 is 9.84 Å². The van der Waals surface area contributed by atoms with E-state index in [0.29, 0.717) is 12.1 Å². The molecule has 100 valence electrons. The summed E-state index contributed by atoms with van der Waals surface area (Å²) in [5.74, 6) is 0.628. The highest BCUT2D eigenvalue weighted by atomic mass is 79.9. The van der Waals surface area contributed by atoms with Gasteiger partial charge in [-0.2, -0.15) is 0 Å². The van der Waals surface area contributed by atoms with Crippen molar-refractivity contribution in [3.05, 3.63) is 50.8 Å². The van der Waals surface area contributed by atoms with E-state index in [1.165, 1.54) is 0 Å². The topological polar surface area (TPSA) is 55.1 Å². The summed E-state index contributed by atoms with van der Waals surface area (Å²) >= 11 is 3.42. The van der Waals surface area contributed by atoms with Crippen molar-refractivity contribution >= 4 is 21.8 Å². The van der Waals surface area contributed by atoms with Gasteiger partial charge in [-0.3, -0.25) is 4.79 Å². The molecular weight excluding hydrogens is 308 g/mol. The van der Waals surface area contributed by atoms with Gasteiger partial charge in [-0.15, -0.1) is 0 Å². The van der Waals surface area contributed by atoms with Crippen molar-refractivity contribution in [2.75, 3.05) is 0 Å². The Morgan fingerprint density at radius 1 is 1.37 bits per heavy atom. The van der Waals surface area contributed by atoms with Gasteiger partial charge in [-0.05, 0) is 38.5 Å². The van der Waals surface area contributed by atoms with Crippen LogP contribution in [0.15, 0.2) is 27.2 Å². The highest BCUT2D eigenvalue weighted by molar-refractivity contribution is 9.10. The Labute approximate surface area is 120 Å². The SMILES string of the molecule is Cc1ccc(C(=O)NCc2c(C)noc2C)cc1Br. The van der Waals surface area contributed by atoms with Crippen molar-refractivity contribution in [1.29, 1.82) is 0 Å². The lowest BCUT2D eigenvalue weighted by Crippen LogP contribution is -2.23. The molecule has 1 aromatic carbocycles. The van der Waals surface area contributed by atoms with Crippen LogP contribution in [-0.2, 0) is 6.54 Å². The minimum absolute atomic E-state index is 0.110. The van der Waals surface area contributed by atoms with Crippen LogP contribution in [0.1, 0.15) is 32.9 Å². The van der Waals surface area contributed by atoms with Gasteiger partial charge in [-0.25, -0.2) is 0 Å². The second-order valence-corrected chi connectivity index (χ2v) is 5.30. The Morgan fingerprint density at radius 3 is 2.68 bits per heavy atom. The highest BCUT2D eigenvalue weighted by Gasteiger charge is 2.11. The summed E-state index contributed by atoms with van der Waals surface area (Å²) in [6.07, 6.45) is 0. The number of nitrogens with one attached hydrogen (secondary N) is 1. The first kappa shape index (κ1) is 13.8. The molecule has 1 aromatic heterocycles. The Bertz CT molecular complexity index is 600. The number of carbonyl (C=O) groups is 1. The third-order valence-corrected chi connectivity index (χ3v) is 3.90. The van der Waals surface area contributed by atoms with Gasteiger partial charge in [0.25, 0.3) is 5.91 Å². The summed E-state index contributed by atoms with van der Waals surface area (Å²) in [5.41, 5.74) is 3.47. The molecule has 2 aromatic rings. The summed E-state index contributed by atoms with van der Waals surface area (Å²) in [5, 5.41) is 6.73. The molecule has 0 saturated heterocycles. The van der Waals surface area contributed by atoms with Gasteiger partial charge in [0.1, 0.15) is 5.76 Å². The van der Waals surface area contributed by atoms with Crippen LogP contribution < -0.4 is 5.32 Å². The second-order valence-electron chi connectivity index (χ2n) is 4.45. The number of aryl methyl sites for hydroxylation is 3. The van der Waals surface area contributed by atoms with Crippen molar-refractivity contribution < 1.29 is 9.32 Å². The Balaban J connectivity index is 2.07. The molecule has 4 nitrogen and oxygen atoms in total. The molecule has 1 N–H and O–H groups in total. The molecule has 0 bridgehead atoms. The lowest BCUT2D eigenvalue weighted by Gasteiger charge is -2.06. The Kier molecular flexibility index (Phi) is 4.04.